The van der Waals surface area contributed by atoms with Gasteiger partial charge >= 0.3 is 0 Å². The van der Waals surface area contributed by atoms with Crippen LogP contribution in [-0.2, 0) is 23.9 Å². The lowest BCUT2D eigenvalue weighted by molar-refractivity contribution is -0.139. The van der Waals surface area contributed by atoms with Gasteiger partial charge in [-0.3, -0.25) is 19.3 Å². The van der Waals surface area contributed by atoms with E-state index in [4.69, 9.17) is 21.1 Å². The summed E-state index contributed by atoms with van der Waals surface area (Å²) in [6, 6.07) is 0. The Bertz CT molecular complexity index is 810. The normalized spacial score (nSPS) is 17.5. The molecule has 1 aliphatic heterocycles. The van der Waals surface area contributed by atoms with E-state index in [-0.39, 0.29) is 37.9 Å². The number of methoxy groups -OCH3 is 2. The molecule has 1 N–H and O–H groups in total. The lowest BCUT2D eigenvalue weighted by Gasteiger charge is -2.19. The molecule has 210 valence electrons. The Balaban J connectivity index is 2.45. The maximum Gasteiger partial charge on any atom is 0.256 e. The minimum atomic E-state index is -0.842. The zero-order valence-electron chi connectivity index (χ0n) is 22.9. The van der Waals surface area contributed by atoms with Crippen LogP contribution in [0.2, 0.25) is 0 Å². The fourth-order valence-electron chi connectivity index (χ4n) is 4.12. The number of unbranched alkanes of at least 4 members (excludes halogenated alkanes) is 4. The van der Waals surface area contributed by atoms with Gasteiger partial charge in [-0.2, -0.15) is 0 Å². The first-order chi connectivity index (χ1) is 17.7. The number of allylic oxidation sites excluding steroid dienone is 2. The quantitative estimate of drug-likeness (QED) is 0.117. The monoisotopic (exact) mass is 540 g/mol. The van der Waals surface area contributed by atoms with Crippen molar-refractivity contribution in [3.8, 4) is 0 Å². The number of carbonyl (C=O) groups excluding carboxylic acids is 3. The molecule has 1 saturated heterocycles. The summed E-state index contributed by atoms with van der Waals surface area (Å²) in [4.78, 5) is 39.4. The van der Waals surface area contributed by atoms with Crippen LogP contribution < -0.4 is 0 Å². The zero-order valence-corrected chi connectivity index (χ0v) is 23.7. The van der Waals surface area contributed by atoms with Gasteiger partial charge in [0.1, 0.15) is 5.76 Å². The van der Waals surface area contributed by atoms with Crippen molar-refractivity contribution < 1.29 is 29.0 Å². The smallest absolute Gasteiger partial charge is 0.256 e. The Morgan fingerprint density at radius 2 is 1.95 bits per heavy atom. The Labute approximate surface area is 227 Å². The molecule has 1 fully saturated rings. The van der Waals surface area contributed by atoms with Crippen molar-refractivity contribution in [2.75, 3.05) is 34.4 Å². The van der Waals surface area contributed by atoms with E-state index in [1.54, 1.807) is 19.1 Å². The maximum absolute atomic E-state index is 12.6. The molecular weight excluding hydrogens is 496 g/mol. The van der Waals surface area contributed by atoms with Crippen LogP contribution in [-0.4, -0.2) is 79.2 Å². The third-order valence-electron chi connectivity index (χ3n) is 6.39. The number of aliphatic hydroxyl groups is 1. The van der Waals surface area contributed by atoms with Gasteiger partial charge in [-0.05, 0) is 24.8 Å². The molecule has 0 aromatic heterocycles. The number of amides is 3. The highest BCUT2D eigenvalue weighted by molar-refractivity contribution is 6.25. The van der Waals surface area contributed by atoms with E-state index in [9.17, 15) is 19.5 Å². The van der Waals surface area contributed by atoms with Crippen LogP contribution in [0.4, 0.5) is 0 Å². The van der Waals surface area contributed by atoms with Gasteiger partial charge in [-0.25, -0.2) is 0 Å². The molecule has 0 unspecified atom stereocenters. The molecule has 3 amide bonds. The number of imide groups is 1. The minimum Gasteiger partial charge on any atom is -0.501 e. The van der Waals surface area contributed by atoms with Crippen molar-refractivity contribution in [3.63, 3.8) is 0 Å². The standard InChI is InChI=1S/C28H45ClN2O6/c1-5-6-7-8-10-13-24(36-3)14-11-9-12-15-26(33)30(2)20-22(19-29)16-25(37-4)18-28(35)31-21-23(32)17-27(31)34/h9,11,18-19,23-24,32H,5-8,10,12-17,20-21H2,1-4H3/b11-9+,22-19+,25-18+/t23-,24+/m1/s1. The number of nitrogens with zero attached hydrogens (tertiary/aromatic N) is 2. The summed E-state index contributed by atoms with van der Waals surface area (Å²) >= 11 is 5.98. The number of rotatable bonds is 18. The van der Waals surface area contributed by atoms with Crippen molar-refractivity contribution in [2.45, 2.75) is 89.8 Å². The summed E-state index contributed by atoms with van der Waals surface area (Å²) in [6.07, 6.45) is 14.0. The highest BCUT2D eigenvalue weighted by Crippen LogP contribution is 2.18. The van der Waals surface area contributed by atoms with Crippen LogP contribution >= 0.6 is 11.6 Å². The average molecular weight is 541 g/mol. The van der Waals surface area contributed by atoms with Crippen molar-refractivity contribution in [1.29, 1.82) is 0 Å². The van der Waals surface area contributed by atoms with Crippen LogP contribution in [0.5, 0.6) is 0 Å². The van der Waals surface area contributed by atoms with Crippen molar-refractivity contribution in [2.24, 2.45) is 0 Å². The SMILES string of the molecule is CCCCCCC[C@@H](C/C=C/CCC(=O)N(C)C/C(=C/Cl)C/C(=C\C(=O)N1C[C@H](O)CC1=O)OC)OC. The molecule has 9 heteroatoms. The molecule has 0 aromatic rings. The number of likely N-dealkylation sites (tertiary alicyclic amines) is 1. The lowest BCUT2D eigenvalue weighted by Crippen LogP contribution is -2.32. The molecule has 0 aliphatic carbocycles. The van der Waals surface area contributed by atoms with Crippen LogP contribution in [0.25, 0.3) is 0 Å². The number of hydrogen-bond donors (Lipinski definition) is 1. The van der Waals surface area contributed by atoms with Gasteiger partial charge in [-0.1, -0.05) is 62.8 Å². The van der Waals surface area contributed by atoms with Crippen molar-refractivity contribution in [3.05, 3.63) is 35.1 Å². The fourth-order valence-corrected chi connectivity index (χ4v) is 4.26. The summed E-state index contributed by atoms with van der Waals surface area (Å²) in [5, 5.41) is 9.59. The van der Waals surface area contributed by atoms with Crippen LogP contribution in [0.3, 0.4) is 0 Å². The first-order valence-corrected chi connectivity index (χ1v) is 13.7. The van der Waals surface area contributed by atoms with Gasteiger partial charge in [-0.15, -0.1) is 0 Å². The maximum atomic E-state index is 12.6. The van der Waals surface area contributed by atoms with Crippen LogP contribution in [0, 0.1) is 0 Å². The summed E-state index contributed by atoms with van der Waals surface area (Å²) in [6.45, 7) is 2.47. The number of hydrogen-bond acceptors (Lipinski definition) is 6. The topological polar surface area (TPSA) is 96.4 Å². The second-order valence-corrected chi connectivity index (χ2v) is 9.73. The fraction of sp³-hybridized carbons (Fsp3) is 0.679. The molecule has 0 saturated carbocycles. The number of β-amino-alcohol motifs (C(OH)–C–C–N with tert-alkyl or cyclic N) is 1. The molecule has 0 aromatic carbocycles. The summed E-state index contributed by atoms with van der Waals surface area (Å²) < 4.78 is 10.9. The number of ether oxygens (including phenoxy) is 2. The van der Waals surface area contributed by atoms with E-state index in [1.807, 2.05) is 6.08 Å². The summed E-state index contributed by atoms with van der Waals surface area (Å²) in [5.74, 6) is -0.670. The van der Waals surface area contributed by atoms with Gasteiger partial charge in [0.25, 0.3) is 5.91 Å². The van der Waals surface area contributed by atoms with Crippen molar-refractivity contribution in [1.82, 2.24) is 9.80 Å². The third-order valence-corrected chi connectivity index (χ3v) is 6.70. The molecular formula is C28H45ClN2O6. The van der Waals surface area contributed by atoms with Gasteiger partial charge < -0.3 is 19.5 Å². The third kappa shape index (κ3) is 13.3. The molecule has 0 spiro atoms. The highest BCUT2D eigenvalue weighted by atomic mass is 35.5. The van der Waals surface area contributed by atoms with E-state index in [0.717, 1.165) is 17.7 Å². The second-order valence-electron chi connectivity index (χ2n) is 9.52. The van der Waals surface area contributed by atoms with Gasteiger partial charge in [0.15, 0.2) is 0 Å². The van der Waals surface area contributed by atoms with Gasteiger partial charge in [0.2, 0.25) is 11.8 Å². The molecule has 0 bridgehead atoms. The first-order valence-electron chi connectivity index (χ1n) is 13.2. The first kappa shape index (κ1) is 32.9. The Morgan fingerprint density at radius 3 is 2.54 bits per heavy atom. The Kier molecular flexibility index (Phi) is 16.9. The van der Waals surface area contributed by atoms with E-state index in [0.29, 0.717) is 24.2 Å². The zero-order chi connectivity index (χ0) is 27.6. The van der Waals surface area contributed by atoms with E-state index in [2.05, 4.69) is 13.0 Å². The number of halogens is 1. The number of carbonyl (C=O) groups is 3. The predicted octanol–water partition coefficient (Wildman–Crippen LogP) is 4.71. The van der Waals surface area contributed by atoms with Crippen LogP contribution in [0.15, 0.2) is 35.1 Å². The minimum absolute atomic E-state index is 0.0180. The van der Waals surface area contributed by atoms with E-state index >= 15 is 0 Å². The van der Waals surface area contributed by atoms with E-state index in [1.165, 1.54) is 50.8 Å². The van der Waals surface area contributed by atoms with Gasteiger partial charge in [0.05, 0.1) is 32.3 Å². The predicted molar refractivity (Wildman–Crippen MR) is 146 cm³/mol. The van der Waals surface area contributed by atoms with E-state index < -0.39 is 17.9 Å². The largest absolute Gasteiger partial charge is 0.501 e. The highest BCUT2D eigenvalue weighted by Gasteiger charge is 2.32. The molecule has 0 radical (unpaired) electrons. The number of likely N-dealkylation sites (N-methyl/N-ethyl adjacent to an activating group) is 1. The molecule has 37 heavy (non-hydrogen) atoms. The lowest BCUT2D eigenvalue weighted by atomic mass is 10.1. The summed E-state index contributed by atoms with van der Waals surface area (Å²) in [5.41, 5.74) is 2.06. The summed E-state index contributed by atoms with van der Waals surface area (Å²) in [7, 11) is 4.88. The molecule has 1 rings (SSSR count). The molecule has 1 heterocycles. The number of aliphatic hydroxyl groups excluding tert-OH is 1. The Hall–Kier alpha value is -2.16. The Morgan fingerprint density at radius 1 is 1.22 bits per heavy atom. The van der Waals surface area contributed by atoms with Crippen LogP contribution in [0.1, 0.15) is 77.6 Å². The average Bonchev–Trinajstić information content (AvgIpc) is 3.23. The van der Waals surface area contributed by atoms with Crippen molar-refractivity contribution >= 4 is 29.3 Å². The molecule has 8 nitrogen and oxygen atoms in total. The molecule has 1 aliphatic rings. The second kappa shape index (κ2) is 19.0. The molecule has 2 atom stereocenters. The van der Waals surface area contributed by atoms with Gasteiger partial charge in [0, 0.05) is 45.2 Å².